The fourth-order valence-electron chi connectivity index (χ4n) is 0. The second kappa shape index (κ2) is 257. The van der Waals surface area contributed by atoms with Crippen LogP contribution in [0.25, 0.3) is 0 Å². The minimum atomic E-state index is -0.250. The summed E-state index contributed by atoms with van der Waals surface area (Å²) in [5, 5.41) is 6.89. The van der Waals surface area contributed by atoms with E-state index in [4.69, 9.17) is 9.73 Å². The summed E-state index contributed by atoms with van der Waals surface area (Å²) in [5.74, 6) is 0. The van der Waals surface area contributed by atoms with Crippen LogP contribution < -0.4 is 0 Å². The first-order valence-electron chi connectivity index (χ1n) is 0.494. The van der Waals surface area contributed by atoms with E-state index >= 15 is 0 Å². The van der Waals surface area contributed by atoms with E-state index in [9.17, 15) is 0 Å². The molecule has 0 aliphatic heterocycles. The average Bonchev–Trinajstić information content (AvgIpc) is 0.918. The topological polar surface area (TPSA) is 226 Å². The quantitative estimate of drug-likeness (QED) is 0.370. The van der Waals surface area contributed by atoms with Crippen LogP contribution in [0.3, 0.4) is 0 Å². The number of rotatable bonds is 0. The maximum atomic E-state index is 8.36. The summed E-state index contributed by atoms with van der Waals surface area (Å²) in [6.45, 7) is 0. The van der Waals surface area contributed by atoms with E-state index in [-0.39, 0.29) is 77.9 Å². The van der Waals surface area contributed by atoms with Crippen LogP contribution in [0.5, 0.6) is 0 Å². The fourth-order valence-corrected chi connectivity index (χ4v) is 0. The normalized spacial score (nSPS) is 0.800. The van der Waals surface area contributed by atoms with Crippen molar-refractivity contribution in [2.24, 2.45) is 0 Å². The second-order valence-electron chi connectivity index (χ2n) is 0.105. The number of hydrogen-bond acceptors (Lipinski definition) is 1. The van der Waals surface area contributed by atoms with Crippen molar-refractivity contribution < 1.29 is 42.6 Å². The molecule has 0 bridgehead atoms. The first kappa shape index (κ1) is 139. The Balaban J connectivity index is -0.000000000952. The van der Waals surface area contributed by atoms with Gasteiger partial charge in [-0.05, 0) is 0 Å². The van der Waals surface area contributed by atoms with Gasteiger partial charge in [0.2, 0.25) is 0 Å². The van der Waals surface area contributed by atoms with Gasteiger partial charge in [0.1, 0.15) is 0 Å². The monoisotopic (exact) mass is 194 g/mol. The molecule has 0 heterocycles. The molecule has 0 radical (unpaired) electrons. The van der Waals surface area contributed by atoms with Gasteiger partial charge in [0.25, 0.3) is 0 Å². The summed E-state index contributed by atoms with van der Waals surface area (Å²) >= 11 is 0. The molecular weight excluding hydrogens is 179 g/mol. The fraction of sp³-hybridized carbons (Fsp3) is 0. The third-order valence-corrected chi connectivity index (χ3v) is 0. The molecule has 0 aliphatic carbocycles. The van der Waals surface area contributed by atoms with Crippen LogP contribution in [-0.2, 0) is 4.70 Å². The van der Waals surface area contributed by atoms with Crippen molar-refractivity contribution in [2.45, 2.75) is 0 Å². The molecular formula is H15BCaO8. The minimum absolute atomic E-state index is 0. The van der Waals surface area contributed by atoms with E-state index in [1.807, 2.05) is 0 Å². The zero-order valence-corrected chi connectivity index (χ0v) is 4.43. The summed E-state index contributed by atoms with van der Waals surface area (Å²) in [7, 11) is -0.250. The van der Waals surface area contributed by atoms with Crippen molar-refractivity contribution in [3.8, 4) is 0 Å². The molecule has 0 saturated heterocycles. The van der Waals surface area contributed by atoms with Gasteiger partial charge >= 0.3 is 54.8 Å². The molecule has 0 amide bonds. The van der Waals surface area contributed by atoms with Crippen LogP contribution in [-0.4, -0.2) is 83.0 Å². The van der Waals surface area contributed by atoms with E-state index in [2.05, 4.69) is 0 Å². The standard InChI is InChI=1S/BHO2.Ca.6H2O.2H/c2-1-3;;;;;;;;;/h2H;;6*1H2;;. The van der Waals surface area contributed by atoms with Crippen molar-refractivity contribution in [3.63, 3.8) is 0 Å². The summed E-state index contributed by atoms with van der Waals surface area (Å²) in [6, 6.07) is 0. The molecule has 13 N–H and O–H groups in total. The molecule has 0 unspecified atom stereocenters. The van der Waals surface area contributed by atoms with Crippen LogP contribution in [0.2, 0.25) is 0 Å². The summed E-state index contributed by atoms with van der Waals surface area (Å²) in [4.78, 5) is 0. The van der Waals surface area contributed by atoms with Gasteiger partial charge in [0.15, 0.2) is 0 Å². The SMILES string of the molecule is O.O.O.O.O.O.O=BO.[CaH2]. The Labute approximate surface area is 87.4 Å². The van der Waals surface area contributed by atoms with Crippen molar-refractivity contribution in [1.82, 2.24) is 0 Å². The molecule has 0 aromatic heterocycles. The first-order chi connectivity index (χ1) is 1.41. The average molecular weight is 194 g/mol. The molecule has 0 atom stereocenters. The Kier molecular flexibility index (Phi) is 3580. The summed E-state index contributed by atoms with van der Waals surface area (Å²) < 4.78 is 8.36. The van der Waals surface area contributed by atoms with Gasteiger partial charge in [-0.25, -0.2) is 0 Å². The molecule has 0 spiro atoms. The zero-order valence-electron chi connectivity index (χ0n) is 4.43. The molecule has 0 aromatic rings. The Bertz CT molecular complexity index is 16.7. The summed E-state index contributed by atoms with van der Waals surface area (Å²) in [6.07, 6.45) is 0. The van der Waals surface area contributed by atoms with Crippen molar-refractivity contribution >= 4 is 45.1 Å². The maximum absolute atomic E-state index is 8.36. The van der Waals surface area contributed by atoms with Gasteiger partial charge in [0, 0.05) is 0 Å². The Morgan fingerprint density at radius 3 is 0.800 bits per heavy atom. The predicted octanol–water partition coefficient (Wildman–Crippen LogP) is -6.92. The van der Waals surface area contributed by atoms with E-state index < -0.39 is 0 Å². The van der Waals surface area contributed by atoms with E-state index in [0.717, 1.165) is 0 Å². The summed E-state index contributed by atoms with van der Waals surface area (Å²) in [5.41, 5.74) is 0. The van der Waals surface area contributed by atoms with Gasteiger partial charge in [-0.3, -0.25) is 0 Å². The van der Waals surface area contributed by atoms with Crippen LogP contribution >= 0.6 is 0 Å². The Morgan fingerprint density at radius 2 is 0.800 bits per heavy atom. The molecule has 0 rings (SSSR count). The van der Waals surface area contributed by atoms with E-state index in [0.29, 0.717) is 0 Å². The third kappa shape index (κ3) is 1090. The van der Waals surface area contributed by atoms with Crippen molar-refractivity contribution in [2.75, 3.05) is 0 Å². The van der Waals surface area contributed by atoms with Crippen LogP contribution in [0.1, 0.15) is 0 Å². The molecule has 0 aliphatic rings. The number of hydrogen-bond donors (Lipinski definition) is 1. The third-order valence-electron chi connectivity index (χ3n) is 0. The van der Waals surface area contributed by atoms with Crippen LogP contribution in [0.4, 0.5) is 0 Å². The zero-order chi connectivity index (χ0) is 2.71. The van der Waals surface area contributed by atoms with Gasteiger partial charge in [-0.2, -0.15) is 0 Å². The van der Waals surface area contributed by atoms with Crippen LogP contribution in [0, 0.1) is 0 Å². The van der Waals surface area contributed by atoms with Gasteiger partial charge in [-0.1, -0.05) is 0 Å². The molecule has 0 aromatic carbocycles. The second-order valence-corrected chi connectivity index (χ2v) is 0.105. The van der Waals surface area contributed by atoms with Crippen molar-refractivity contribution in [1.29, 1.82) is 0 Å². The molecule has 10 heteroatoms. The van der Waals surface area contributed by atoms with Crippen molar-refractivity contribution in [3.05, 3.63) is 0 Å². The molecule has 0 fully saturated rings. The molecule has 0 saturated carbocycles. The van der Waals surface area contributed by atoms with E-state index in [1.165, 1.54) is 0 Å². The van der Waals surface area contributed by atoms with E-state index in [1.54, 1.807) is 0 Å². The predicted molar refractivity (Wildman–Crippen MR) is 38.9 cm³/mol. The van der Waals surface area contributed by atoms with Gasteiger partial charge < -0.3 is 32.9 Å². The Morgan fingerprint density at radius 1 is 0.800 bits per heavy atom. The van der Waals surface area contributed by atoms with Gasteiger partial charge in [-0.15, -0.1) is 0 Å². The Hall–Kier alpha value is 0.685. The molecule has 10 heavy (non-hydrogen) atoms. The molecule has 8 nitrogen and oxygen atoms in total. The van der Waals surface area contributed by atoms with Gasteiger partial charge in [0.05, 0.1) is 0 Å². The molecule has 68 valence electrons. The van der Waals surface area contributed by atoms with Crippen LogP contribution in [0.15, 0.2) is 0 Å². The first-order valence-corrected chi connectivity index (χ1v) is 0.494.